The van der Waals surface area contributed by atoms with Crippen LogP contribution in [0, 0.1) is 17.8 Å². The van der Waals surface area contributed by atoms with E-state index in [1.54, 1.807) is 4.90 Å². The Balaban J connectivity index is 1.81. The second-order valence-electron chi connectivity index (χ2n) is 9.41. The minimum absolute atomic E-state index is 0.145. The molecule has 160 valence electrons. The summed E-state index contributed by atoms with van der Waals surface area (Å²) in [7, 11) is 3.62. The molecular weight excluding hydrogens is 350 g/mol. The topological polar surface area (TPSA) is 60.8 Å². The molecule has 1 fully saturated rings. The van der Waals surface area contributed by atoms with Crippen molar-refractivity contribution in [3.63, 3.8) is 0 Å². The van der Waals surface area contributed by atoms with Crippen LogP contribution in [-0.2, 0) is 4.79 Å². The van der Waals surface area contributed by atoms with E-state index in [9.17, 15) is 15.0 Å². The third kappa shape index (κ3) is 6.73. The summed E-state index contributed by atoms with van der Waals surface area (Å²) in [5.74, 6) is 1.28. The molecule has 0 aromatic rings. The van der Waals surface area contributed by atoms with Crippen molar-refractivity contribution in [2.75, 3.05) is 14.1 Å². The standard InChI is InChI=1S/C24H41NO3/c1-5-6-9-13-24(2,28)14-12-20-21-16-18(15-19(21)17-22(20)26)10-7-8-11-23(27)25(3)4/h12,14-15,19-22,26,28H,5-11,13,16-17H2,1-4H3/b14-12+/t19-,20+,21-,22+,24-/m0/s1. The van der Waals surface area contributed by atoms with Crippen molar-refractivity contribution in [3.05, 3.63) is 23.8 Å². The number of amides is 1. The van der Waals surface area contributed by atoms with E-state index in [4.69, 9.17) is 0 Å². The first-order chi connectivity index (χ1) is 13.2. The van der Waals surface area contributed by atoms with Crippen LogP contribution < -0.4 is 0 Å². The lowest BCUT2D eigenvalue weighted by Gasteiger charge is -2.22. The first-order valence-corrected chi connectivity index (χ1v) is 11.2. The molecule has 1 saturated carbocycles. The molecule has 2 rings (SSSR count). The Morgan fingerprint density at radius 2 is 2.04 bits per heavy atom. The second-order valence-corrected chi connectivity index (χ2v) is 9.41. The van der Waals surface area contributed by atoms with Gasteiger partial charge in [-0.05, 0) is 57.3 Å². The Bertz CT molecular complexity index is 564. The first-order valence-electron chi connectivity index (χ1n) is 11.2. The number of hydrogen-bond acceptors (Lipinski definition) is 3. The van der Waals surface area contributed by atoms with E-state index in [2.05, 4.69) is 19.1 Å². The van der Waals surface area contributed by atoms with Crippen LogP contribution in [0.4, 0.5) is 0 Å². The van der Waals surface area contributed by atoms with Crippen LogP contribution in [0.5, 0.6) is 0 Å². The third-order valence-corrected chi connectivity index (χ3v) is 6.55. The normalized spacial score (nSPS) is 29.0. The smallest absolute Gasteiger partial charge is 0.222 e. The predicted octanol–water partition coefficient (Wildman–Crippen LogP) is 4.47. The molecule has 0 radical (unpaired) electrons. The van der Waals surface area contributed by atoms with Gasteiger partial charge in [-0.25, -0.2) is 0 Å². The van der Waals surface area contributed by atoms with Gasteiger partial charge < -0.3 is 15.1 Å². The minimum atomic E-state index is -0.777. The molecule has 0 heterocycles. The van der Waals surface area contributed by atoms with Gasteiger partial charge in [0.2, 0.25) is 5.91 Å². The summed E-state index contributed by atoms with van der Waals surface area (Å²) in [5.41, 5.74) is 0.716. The quantitative estimate of drug-likeness (QED) is 0.404. The van der Waals surface area contributed by atoms with Crippen LogP contribution in [0.25, 0.3) is 0 Å². The van der Waals surface area contributed by atoms with Crippen LogP contribution in [-0.4, -0.2) is 46.8 Å². The maximum atomic E-state index is 11.7. The Labute approximate surface area is 171 Å². The largest absolute Gasteiger partial charge is 0.392 e. The average Bonchev–Trinajstić information content (AvgIpc) is 3.13. The molecule has 4 heteroatoms. The number of allylic oxidation sites excluding steroid dienone is 2. The van der Waals surface area contributed by atoms with E-state index in [1.807, 2.05) is 27.1 Å². The fraction of sp³-hybridized carbons (Fsp3) is 0.792. The lowest BCUT2D eigenvalue weighted by Crippen LogP contribution is -2.23. The first kappa shape index (κ1) is 23.2. The number of unbranched alkanes of at least 4 members (excludes halogenated alkanes) is 3. The molecule has 0 aromatic heterocycles. The van der Waals surface area contributed by atoms with Gasteiger partial charge in [-0.15, -0.1) is 0 Å². The number of nitrogens with zero attached hydrogens (tertiary/aromatic N) is 1. The van der Waals surface area contributed by atoms with Gasteiger partial charge in [0.05, 0.1) is 11.7 Å². The van der Waals surface area contributed by atoms with Crippen LogP contribution in [0.15, 0.2) is 23.8 Å². The summed E-state index contributed by atoms with van der Waals surface area (Å²) >= 11 is 0. The van der Waals surface area contributed by atoms with E-state index in [1.165, 1.54) is 5.57 Å². The highest BCUT2D eigenvalue weighted by molar-refractivity contribution is 5.75. The van der Waals surface area contributed by atoms with Crippen molar-refractivity contribution in [1.29, 1.82) is 0 Å². The summed E-state index contributed by atoms with van der Waals surface area (Å²) in [5, 5.41) is 21.1. The van der Waals surface area contributed by atoms with Gasteiger partial charge in [0.25, 0.3) is 0 Å². The summed E-state index contributed by atoms with van der Waals surface area (Å²) in [4.78, 5) is 13.3. The number of aliphatic hydroxyl groups excluding tert-OH is 1. The van der Waals surface area contributed by atoms with Gasteiger partial charge in [0, 0.05) is 26.4 Å². The Hall–Kier alpha value is -1.13. The second kappa shape index (κ2) is 10.6. The Morgan fingerprint density at radius 3 is 2.71 bits per heavy atom. The monoisotopic (exact) mass is 391 g/mol. The van der Waals surface area contributed by atoms with Crippen molar-refractivity contribution in [3.8, 4) is 0 Å². The average molecular weight is 392 g/mol. The molecule has 1 amide bonds. The number of carbonyl (C=O) groups excluding carboxylic acids is 1. The van der Waals surface area contributed by atoms with Gasteiger partial charge in [-0.3, -0.25) is 4.79 Å². The van der Waals surface area contributed by atoms with Crippen molar-refractivity contribution >= 4 is 5.91 Å². The van der Waals surface area contributed by atoms with Crippen molar-refractivity contribution in [1.82, 2.24) is 4.90 Å². The molecule has 0 spiro atoms. The number of carbonyl (C=O) groups is 1. The molecular formula is C24H41NO3. The molecule has 0 bridgehead atoms. The van der Waals surface area contributed by atoms with Crippen molar-refractivity contribution < 1.29 is 15.0 Å². The predicted molar refractivity (Wildman–Crippen MR) is 115 cm³/mol. The highest BCUT2D eigenvalue weighted by Gasteiger charge is 2.43. The number of aliphatic hydroxyl groups is 2. The van der Waals surface area contributed by atoms with Crippen molar-refractivity contribution in [2.24, 2.45) is 17.8 Å². The van der Waals surface area contributed by atoms with E-state index in [0.29, 0.717) is 18.3 Å². The molecule has 2 aliphatic rings. The fourth-order valence-electron chi connectivity index (χ4n) is 4.78. The van der Waals surface area contributed by atoms with E-state index in [0.717, 1.165) is 57.8 Å². The zero-order valence-electron chi connectivity index (χ0n) is 18.4. The number of hydrogen-bond donors (Lipinski definition) is 2. The van der Waals surface area contributed by atoms with Gasteiger partial charge in [0.1, 0.15) is 0 Å². The summed E-state index contributed by atoms with van der Waals surface area (Å²) in [6.45, 7) is 4.05. The number of fused-ring (bicyclic) bond motifs is 1. The Morgan fingerprint density at radius 1 is 1.29 bits per heavy atom. The van der Waals surface area contributed by atoms with Gasteiger partial charge in [-0.1, -0.05) is 50.0 Å². The molecule has 2 N–H and O–H groups in total. The van der Waals surface area contributed by atoms with E-state index in [-0.39, 0.29) is 17.9 Å². The van der Waals surface area contributed by atoms with Crippen LogP contribution in [0.2, 0.25) is 0 Å². The van der Waals surface area contributed by atoms with Crippen LogP contribution in [0.3, 0.4) is 0 Å². The third-order valence-electron chi connectivity index (χ3n) is 6.55. The van der Waals surface area contributed by atoms with Gasteiger partial charge in [0.15, 0.2) is 0 Å². The van der Waals surface area contributed by atoms with Crippen LogP contribution >= 0.6 is 0 Å². The van der Waals surface area contributed by atoms with Crippen molar-refractivity contribution in [2.45, 2.75) is 89.8 Å². The fourth-order valence-corrected chi connectivity index (χ4v) is 4.78. The van der Waals surface area contributed by atoms with E-state index >= 15 is 0 Å². The SMILES string of the molecule is CCCCC[C@](C)(O)/C=C/[C@@H]1[C@H]2CC(CCCCC(=O)N(C)C)=C[C@H]2C[C@H]1O. The molecule has 2 aliphatic carbocycles. The lowest BCUT2D eigenvalue weighted by molar-refractivity contribution is -0.128. The summed E-state index contributed by atoms with van der Waals surface area (Å²) < 4.78 is 0. The molecule has 4 nitrogen and oxygen atoms in total. The molecule has 5 atom stereocenters. The van der Waals surface area contributed by atoms with E-state index < -0.39 is 5.60 Å². The number of rotatable bonds is 11. The molecule has 0 saturated heterocycles. The molecule has 0 unspecified atom stereocenters. The zero-order valence-corrected chi connectivity index (χ0v) is 18.4. The van der Waals surface area contributed by atoms with Gasteiger partial charge >= 0.3 is 0 Å². The lowest BCUT2D eigenvalue weighted by atomic mass is 9.87. The molecule has 0 aliphatic heterocycles. The zero-order chi connectivity index (χ0) is 20.7. The van der Waals surface area contributed by atoms with Gasteiger partial charge in [-0.2, -0.15) is 0 Å². The summed E-state index contributed by atoms with van der Waals surface area (Å²) in [6, 6.07) is 0. The van der Waals surface area contributed by atoms with Crippen LogP contribution in [0.1, 0.15) is 78.1 Å². The molecule has 0 aromatic carbocycles. The minimum Gasteiger partial charge on any atom is -0.392 e. The highest BCUT2D eigenvalue weighted by Crippen LogP contribution is 2.48. The summed E-state index contributed by atoms with van der Waals surface area (Å²) in [6.07, 6.45) is 15.8. The maximum Gasteiger partial charge on any atom is 0.222 e. The highest BCUT2D eigenvalue weighted by atomic mass is 16.3. The molecule has 28 heavy (non-hydrogen) atoms. The maximum absolute atomic E-state index is 11.7. The Kier molecular flexibility index (Phi) is 8.76.